The molecule has 4 nitrogen and oxygen atoms in total. The number of hydrogen-bond acceptors (Lipinski definition) is 4. The van der Waals surface area contributed by atoms with Crippen molar-refractivity contribution in [1.29, 1.82) is 0 Å². The monoisotopic (exact) mass is 1420 g/mol. The summed E-state index contributed by atoms with van der Waals surface area (Å²) in [6, 6.07) is 136. The van der Waals surface area contributed by atoms with Crippen LogP contribution in [0.4, 0.5) is 0 Å². The van der Waals surface area contributed by atoms with E-state index in [0.717, 1.165) is 5.56 Å². The summed E-state index contributed by atoms with van der Waals surface area (Å²) in [5.74, 6) is 5.43. The van der Waals surface area contributed by atoms with E-state index in [-0.39, 0.29) is 33.6 Å². The van der Waals surface area contributed by atoms with E-state index < -0.39 is 43.3 Å². The SMILES string of the molecule is CC(C)(C)OC(=O)COc1cccc(C#CCO)c1.[Pd].c1ccc(P(c2ccccc2)c2ccccc2)cc1.c1ccc(P(c2ccccc2)c2ccccc2)cc1.c1ccc(P(c2ccccc2)c2ccccc2)cc1.c1ccc(P(c2ccccc2)c2ccccc2)cc1. The summed E-state index contributed by atoms with van der Waals surface area (Å²) < 4.78 is 10.5. The second-order valence-corrected chi connectivity index (χ2v) is 31.1. The van der Waals surface area contributed by atoms with Crippen molar-refractivity contribution >= 4 is 101 Å². The third kappa shape index (κ3) is 23.7. The Hall–Kier alpha value is -8.97. The van der Waals surface area contributed by atoms with Gasteiger partial charge in [-0.1, -0.05) is 382 Å². The van der Waals surface area contributed by atoms with Gasteiger partial charge in [0.15, 0.2) is 6.61 Å². The van der Waals surface area contributed by atoms with E-state index in [1.807, 2.05) is 0 Å². The van der Waals surface area contributed by atoms with Crippen LogP contribution in [0.5, 0.6) is 5.75 Å². The minimum atomic E-state index is -0.519. The summed E-state index contributed by atoms with van der Waals surface area (Å²) in [4.78, 5) is 11.5. The topological polar surface area (TPSA) is 55.8 Å². The van der Waals surface area contributed by atoms with Gasteiger partial charge in [-0.15, -0.1) is 0 Å². The van der Waals surface area contributed by atoms with Gasteiger partial charge in [0.1, 0.15) is 18.0 Å². The quantitative estimate of drug-likeness (QED) is 0.0481. The Morgan fingerprint density at radius 2 is 0.510 bits per heavy atom. The van der Waals surface area contributed by atoms with Gasteiger partial charge in [0.2, 0.25) is 0 Å². The van der Waals surface area contributed by atoms with Crippen LogP contribution in [0.2, 0.25) is 0 Å². The second kappa shape index (κ2) is 40.4. The van der Waals surface area contributed by atoms with Gasteiger partial charge in [-0.25, -0.2) is 4.79 Å². The molecule has 9 heteroatoms. The van der Waals surface area contributed by atoms with Gasteiger partial charge in [-0.05, 0) is 134 Å². The summed E-state index contributed by atoms with van der Waals surface area (Å²) in [7, 11) is -1.78. The third-order valence-corrected chi connectivity index (χ3v) is 23.9. The molecule has 0 bridgehead atoms. The number of aliphatic hydroxyl groups excluding tert-OH is 1. The smallest absolute Gasteiger partial charge is 0.344 e. The maximum absolute atomic E-state index is 11.5. The van der Waals surface area contributed by atoms with Crippen molar-refractivity contribution in [2.45, 2.75) is 26.4 Å². The summed E-state index contributed by atoms with van der Waals surface area (Å²) in [5, 5.41) is 25.4. The van der Waals surface area contributed by atoms with E-state index in [2.05, 4.69) is 376 Å². The molecule has 0 heterocycles. The van der Waals surface area contributed by atoms with Crippen LogP contribution in [-0.4, -0.2) is 29.9 Å². The number of carbonyl (C=O) groups excluding carboxylic acids is 1. The molecule has 0 saturated heterocycles. The second-order valence-electron chi connectivity index (χ2n) is 22.2. The fourth-order valence-electron chi connectivity index (χ4n) is 10.0. The average molecular weight is 1420 g/mol. The number of carbonyl (C=O) groups is 1. The van der Waals surface area contributed by atoms with Crippen molar-refractivity contribution < 1.29 is 39.8 Å². The van der Waals surface area contributed by atoms with E-state index in [9.17, 15) is 4.79 Å². The maximum Gasteiger partial charge on any atom is 0.344 e. The fourth-order valence-corrected chi connectivity index (χ4v) is 19.3. The van der Waals surface area contributed by atoms with Gasteiger partial charge in [0.25, 0.3) is 0 Å². The molecule has 13 rings (SSSR count). The van der Waals surface area contributed by atoms with E-state index >= 15 is 0 Å². The molecular weight excluding hydrogens is 1340 g/mol. The normalized spacial score (nSPS) is 10.4. The van der Waals surface area contributed by atoms with Gasteiger partial charge < -0.3 is 14.6 Å². The van der Waals surface area contributed by atoms with E-state index in [0.29, 0.717) is 5.75 Å². The largest absolute Gasteiger partial charge is 0.482 e. The van der Waals surface area contributed by atoms with Crippen LogP contribution in [0, 0.1) is 11.8 Å². The molecule has 13 aromatic carbocycles. The number of esters is 1. The molecule has 96 heavy (non-hydrogen) atoms. The van der Waals surface area contributed by atoms with Crippen molar-refractivity contribution in [2.75, 3.05) is 13.2 Å². The molecule has 0 atom stereocenters. The Kier molecular flexibility index (Phi) is 30.7. The molecule has 0 aliphatic carbocycles. The van der Waals surface area contributed by atoms with Crippen molar-refractivity contribution in [2.24, 2.45) is 0 Å². The van der Waals surface area contributed by atoms with Crippen molar-refractivity contribution in [3.8, 4) is 17.6 Å². The van der Waals surface area contributed by atoms with Crippen molar-refractivity contribution in [1.82, 2.24) is 0 Å². The standard InChI is InChI=1S/4C18H15P.C15H18O4.Pd/c4*1-4-10-16(11-5-1)19(17-12-6-2-7-13-17)18-14-8-3-9-15-18;1-15(2,3)19-14(17)11-18-13-8-4-6-12(10-13)7-5-9-16;/h4*1-15H;4,6,8,10,16H,9,11H2,1-3H3;. The number of ether oxygens (including phenoxy) is 2. The van der Waals surface area contributed by atoms with Crippen molar-refractivity contribution in [3.05, 3.63) is 394 Å². The Balaban J connectivity index is 0.000000153. The summed E-state index contributed by atoms with van der Waals surface area (Å²) in [5.41, 5.74) is 0.199. The summed E-state index contributed by atoms with van der Waals surface area (Å²) >= 11 is 0. The summed E-state index contributed by atoms with van der Waals surface area (Å²) in [6.45, 7) is 5.07. The minimum Gasteiger partial charge on any atom is -0.482 e. The predicted molar refractivity (Wildman–Crippen MR) is 412 cm³/mol. The minimum absolute atomic E-state index is 0. The van der Waals surface area contributed by atoms with Crippen LogP contribution in [0.3, 0.4) is 0 Å². The van der Waals surface area contributed by atoms with Crippen LogP contribution in [0.25, 0.3) is 0 Å². The van der Waals surface area contributed by atoms with Crippen molar-refractivity contribution in [3.63, 3.8) is 0 Å². The molecule has 480 valence electrons. The molecular formula is C87H78O4P4Pd. The first-order valence-corrected chi connectivity index (χ1v) is 36.9. The summed E-state index contributed by atoms with van der Waals surface area (Å²) in [6.07, 6.45) is 0. The molecule has 0 unspecified atom stereocenters. The van der Waals surface area contributed by atoms with E-state index in [1.54, 1.807) is 45.0 Å². The molecule has 0 fully saturated rings. The zero-order valence-corrected chi connectivity index (χ0v) is 59.3. The van der Waals surface area contributed by atoms with Crippen LogP contribution in [0.1, 0.15) is 26.3 Å². The number of hydrogen-bond donors (Lipinski definition) is 1. The zero-order chi connectivity index (χ0) is 66.0. The molecule has 0 radical (unpaired) electrons. The van der Waals surface area contributed by atoms with Crippen LogP contribution in [-0.2, 0) is 30.0 Å². The molecule has 0 aromatic heterocycles. The average Bonchev–Trinajstić information content (AvgIpc) is 1.06. The molecule has 13 aromatic rings. The molecule has 0 aliphatic rings. The van der Waals surface area contributed by atoms with E-state index in [4.69, 9.17) is 14.6 Å². The van der Waals surface area contributed by atoms with Gasteiger partial charge >= 0.3 is 5.97 Å². The van der Waals surface area contributed by atoms with Gasteiger partial charge in [0.05, 0.1) is 0 Å². The predicted octanol–water partition coefficient (Wildman–Crippen LogP) is 15.5. The first-order chi connectivity index (χ1) is 46.7. The van der Waals surface area contributed by atoms with Gasteiger partial charge in [-0.3, -0.25) is 0 Å². The molecule has 0 saturated carbocycles. The molecule has 0 aliphatic heterocycles. The number of rotatable bonds is 15. The molecule has 0 amide bonds. The maximum atomic E-state index is 11.5. The Morgan fingerprint density at radius 1 is 0.312 bits per heavy atom. The fraction of sp³-hybridized carbons (Fsp3) is 0.0690. The first-order valence-electron chi connectivity index (χ1n) is 31.6. The van der Waals surface area contributed by atoms with E-state index in [1.165, 1.54) is 63.7 Å². The first kappa shape index (κ1) is 72.9. The molecule has 0 spiro atoms. The number of aliphatic hydroxyl groups is 1. The Bertz CT molecular complexity index is 3440. The zero-order valence-electron chi connectivity index (χ0n) is 54.1. The third-order valence-electron chi connectivity index (χ3n) is 14.1. The molecule has 1 N–H and O–H groups in total. The Morgan fingerprint density at radius 3 is 0.688 bits per heavy atom. The van der Waals surface area contributed by atoms with Crippen LogP contribution >= 0.6 is 31.7 Å². The number of benzene rings is 13. The Labute approximate surface area is 587 Å². The van der Waals surface area contributed by atoms with Crippen LogP contribution < -0.4 is 68.4 Å². The van der Waals surface area contributed by atoms with Crippen LogP contribution in [0.15, 0.2) is 388 Å². The van der Waals surface area contributed by atoms with Gasteiger partial charge in [-0.2, -0.15) is 0 Å². The van der Waals surface area contributed by atoms with Gasteiger partial charge in [0, 0.05) is 26.0 Å².